The van der Waals surface area contributed by atoms with Crippen LogP contribution in [0.2, 0.25) is 5.02 Å². The van der Waals surface area contributed by atoms with E-state index in [0.29, 0.717) is 16.7 Å². The Labute approximate surface area is 200 Å². The van der Waals surface area contributed by atoms with Crippen LogP contribution in [-0.2, 0) is 12.8 Å². The molecule has 0 saturated carbocycles. The molecule has 0 fully saturated rings. The zero-order valence-corrected chi connectivity index (χ0v) is 19.8. The summed E-state index contributed by atoms with van der Waals surface area (Å²) in [5.74, 6) is 0.665. The van der Waals surface area contributed by atoms with Gasteiger partial charge in [0.05, 0.1) is 23.3 Å². The van der Waals surface area contributed by atoms with E-state index in [-0.39, 0.29) is 17.2 Å². The van der Waals surface area contributed by atoms with Crippen LogP contribution in [0, 0.1) is 5.92 Å². The lowest BCUT2D eigenvalue weighted by Gasteiger charge is -2.27. The molecule has 2 atom stereocenters. The Morgan fingerprint density at radius 2 is 1.97 bits per heavy atom. The van der Waals surface area contributed by atoms with Gasteiger partial charge in [-0.05, 0) is 60.6 Å². The molecule has 2 aliphatic rings. The van der Waals surface area contributed by atoms with Crippen LogP contribution in [0.4, 0.5) is 5.00 Å². The summed E-state index contributed by atoms with van der Waals surface area (Å²) in [5.41, 5.74) is 3.05. The van der Waals surface area contributed by atoms with E-state index in [9.17, 15) is 9.59 Å². The van der Waals surface area contributed by atoms with Gasteiger partial charge in [0.1, 0.15) is 11.2 Å². The number of carbonyl (C=O) groups is 2. The summed E-state index contributed by atoms with van der Waals surface area (Å²) >= 11 is 7.79. The molecule has 0 bridgehead atoms. The second-order valence-corrected chi connectivity index (χ2v) is 9.90. The summed E-state index contributed by atoms with van der Waals surface area (Å²) in [6.45, 7) is 2.25. The first-order valence-electron chi connectivity index (χ1n) is 10.8. The number of halogens is 1. The van der Waals surface area contributed by atoms with Gasteiger partial charge in [-0.3, -0.25) is 4.79 Å². The van der Waals surface area contributed by atoms with Gasteiger partial charge in [0.25, 0.3) is 5.91 Å². The van der Waals surface area contributed by atoms with E-state index in [1.807, 2.05) is 0 Å². The van der Waals surface area contributed by atoms with E-state index in [0.717, 1.165) is 35.4 Å². The number of thiophene rings is 1. The first-order valence-corrected chi connectivity index (χ1v) is 12.0. The molecule has 2 heterocycles. The number of benzene rings is 2. The molecule has 1 aliphatic heterocycles. The van der Waals surface area contributed by atoms with Crippen molar-refractivity contribution in [1.82, 2.24) is 5.32 Å². The molecule has 2 aromatic carbocycles. The van der Waals surface area contributed by atoms with Gasteiger partial charge >= 0.3 is 5.97 Å². The predicted octanol–water partition coefficient (Wildman–Crippen LogP) is 5.61. The van der Waals surface area contributed by atoms with Crippen LogP contribution in [0.1, 0.15) is 56.2 Å². The van der Waals surface area contributed by atoms with Crippen LogP contribution in [0.5, 0.6) is 11.5 Å². The third kappa shape index (κ3) is 4.07. The number of esters is 1. The monoisotopic (exact) mass is 482 g/mol. The maximum absolute atomic E-state index is 13.0. The van der Waals surface area contributed by atoms with Crippen molar-refractivity contribution >= 4 is 39.8 Å². The summed E-state index contributed by atoms with van der Waals surface area (Å²) in [6.07, 6.45) is 2.66. The zero-order valence-electron chi connectivity index (χ0n) is 18.2. The van der Waals surface area contributed by atoms with Crippen molar-refractivity contribution in [2.45, 2.75) is 32.4 Å². The van der Waals surface area contributed by atoms with Gasteiger partial charge in [-0.1, -0.05) is 36.7 Å². The fraction of sp³-hybridized carbons (Fsp3) is 0.280. The number of methoxy groups -OCH3 is 1. The molecule has 33 heavy (non-hydrogen) atoms. The first kappa shape index (κ1) is 21.8. The maximum atomic E-state index is 13.0. The molecule has 2 N–H and O–H groups in total. The lowest BCUT2D eigenvalue weighted by Crippen LogP contribution is -2.38. The molecule has 1 aromatic heterocycles. The van der Waals surface area contributed by atoms with Gasteiger partial charge in [-0.25, -0.2) is 4.79 Å². The third-order valence-electron chi connectivity index (χ3n) is 6.11. The van der Waals surface area contributed by atoms with Crippen molar-refractivity contribution in [3.8, 4) is 11.5 Å². The van der Waals surface area contributed by atoms with Gasteiger partial charge in [0.15, 0.2) is 11.5 Å². The number of rotatable bonds is 4. The summed E-state index contributed by atoms with van der Waals surface area (Å²) in [6, 6.07) is 11.9. The number of ether oxygens (including phenoxy) is 2. The van der Waals surface area contributed by atoms with Gasteiger partial charge in [-0.2, -0.15) is 0 Å². The van der Waals surface area contributed by atoms with E-state index in [1.165, 1.54) is 17.6 Å². The highest BCUT2D eigenvalue weighted by atomic mass is 35.5. The minimum atomic E-state index is -0.571. The first-order chi connectivity index (χ1) is 15.9. The Balaban J connectivity index is 1.39. The second kappa shape index (κ2) is 8.72. The van der Waals surface area contributed by atoms with Gasteiger partial charge < -0.3 is 20.1 Å². The molecule has 5 rings (SSSR count). The molecule has 170 valence electrons. The summed E-state index contributed by atoms with van der Waals surface area (Å²) < 4.78 is 11.0. The van der Waals surface area contributed by atoms with E-state index < -0.39 is 12.1 Å². The van der Waals surface area contributed by atoms with E-state index in [4.69, 9.17) is 21.1 Å². The maximum Gasteiger partial charge on any atom is 0.345 e. The topological polar surface area (TPSA) is 76.7 Å². The largest absolute Gasteiger partial charge is 0.493 e. The zero-order chi connectivity index (χ0) is 23.1. The number of nitrogens with one attached hydrogen (secondary N) is 2. The fourth-order valence-electron chi connectivity index (χ4n) is 4.36. The molecule has 1 amide bonds. The molecule has 2 unspecified atom stereocenters. The Bertz CT molecular complexity index is 1260. The minimum Gasteiger partial charge on any atom is -0.493 e. The lowest BCUT2D eigenvalue weighted by molar-refractivity contribution is 0.0729. The minimum absolute atomic E-state index is 0.0611. The standard InChI is InChI=1S/C25H23ClN2O4S/c1-13-7-9-16-20(11-13)33-24-21(16)23(29)27-22(28-24)14-8-10-18(19(12-14)31-2)32-25(30)15-5-3-4-6-17(15)26/h3-6,8,10,12-13,22,28H,7,9,11H2,1-2H3,(H,27,29). The van der Waals surface area contributed by atoms with Crippen LogP contribution in [0.25, 0.3) is 0 Å². The highest BCUT2D eigenvalue weighted by Gasteiger charge is 2.33. The molecule has 3 aromatic rings. The fourth-order valence-corrected chi connectivity index (χ4v) is 6.01. The molecule has 8 heteroatoms. The SMILES string of the molecule is COc1cc(C2NC(=O)c3c(sc4c3CCC(C)C4)N2)ccc1OC(=O)c1ccccc1Cl. The molecule has 0 spiro atoms. The van der Waals surface area contributed by atoms with Crippen molar-refractivity contribution < 1.29 is 19.1 Å². The van der Waals surface area contributed by atoms with E-state index in [1.54, 1.807) is 53.8 Å². The van der Waals surface area contributed by atoms with Crippen LogP contribution in [0.15, 0.2) is 42.5 Å². The van der Waals surface area contributed by atoms with Crippen molar-refractivity contribution in [3.05, 3.63) is 74.6 Å². The Morgan fingerprint density at radius 3 is 2.76 bits per heavy atom. The second-order valence-electron chi connectivity index (χ2n) is 8.39. The number of hydrogen-bond acceptors (Lipinski definition) is 6. The molecule has 1 aliphatic carbocycles. The van der Waals surface area contributed by atoms with E-state index >= 15 is 0 Å². The number of carbonyl (C=O) groups excluding carboxylic acids is 2. The Morgan fingerprint density at radius 1 is 1.15 bits per heavy atom. The molecular weight excluding hydrogens is 460 g/mol. The summed E-state index contributed by atoms with van der Waals surface area (Å²) in [7, 11) is 1.51. The Hall–Kier alpha value is -3.03. The average molecular weight is 483 g/mol. The van der Waals surface area contributed by atoms with Gasteiger partial charge in [0, 0.05) is 4.88 Å². The van der Waals surface area contributed by atoms with Crippen LogP contribution >= 0.6 is 22.9 Å². The van der Waals surface area contributed by atoms with Crippen molar-refractivity contribution in [2.75, 3.05) is 12.4 Å². The number of fused-ring (bicyclic) bond motifs is 3. The van der Waals surface area contributed by atoms with Crippen LogP contribution in [-0.4, -0.2) is 19.0 Å². The number of hydrogen-bond donors (Lipinski definition) is 2. The lowest BCUT2D eigenvalue weighted by atomic mass is 9.88. The van der Waals surface area contributed by atoms with Crippen molar-refractivity contribution in [2.24, 2.45) is 5.92 Å². The third-order valence-corrected chi connectivity index (χ3v) is 7.62. The van der Waals surface area contributed by atoms with Crippen molar-refractivity contribution in [3.63, 3.8) is 0 Å². The van der Waals surface area contributed by atoms with Gasteiger partial charge in [-0.15, -0.1) is 11.3 Å². The molecular formula is C25H23ClN2O4S. The molecule has 0 radical (unpaired) electrons. The smallest absolute Gasteiger partial charge is 0.345 e. The highest BCUT2D eigenvalue weighted by Crippen LogP contribution is 2.43. The van der Waals surface area contributed by atoms with E-state index in [2.05, 4.69) is 17.6 Å². The number of amides is 1. The van der Waals surface area contributed by atoms with Crippen molar-refractivity contribution in [1.29, 1.82) is 0 Å². The normalized spacial score (nSPS) is 19.1. The highest BCUT2D eigenvalue weighted by molar-refractivity contribution is 7.16. The van der Waals surface area contributed by atoms with Crippen LogP contribution in [0.3, 0.4) is 0 Å². The van der Waals surface area contributed by atoms with Crippen LogP contribution < -0.4 is 20.1 Å². The summed E-state index contributed by atoms with van der Waals surface area (Å²) in [4.78, 5) is 26.8. The number of anilines is 1. The predicted molar refractivity (Wildman–Crippen MR) is 129 cm³/mol. The molecule has 6 nitrogen and oxygen atoms in total. The Kier molecular flexibility index (Phi) is 5.76. The average Bonchev–Trinajstić information content (AvgIpc) is 3.17. The molecule has 0 saturated heterocycles. The van der Waals surface area contributed by atoms with Gasteiger partial charge in [0.2, 0.25) is 0 Å². The summed E-state index contributed by atoms with van der Waals surface area (Å²) in [5, 5.41) is 7.75. The quantitative estimate of drug-likeness (QED) is 0.373.